The van der Waals surface area contributed by atoms with Crippen molar-refractivity contribution < 1.29 is 39.8 Å². The average molecular weight is 761 g/mol. The Kier molecular flexibility index (Phi) is 11.9. The second-order valence-electron chi connectivity index (χ2n) is 15.6. The van der Waals surface area contributed by atoms with Gasteiger partial charge in [0.2, 0.25) is 5.75 Å². The number of Topliss-reactive ketones (excluding diaryl/α,β-unsaturated/α-hetero) is 1. The van der Waals surface area contributed by atoms with Crippen LogP contribution in [0, 0.1) is 5.92 Å². The Balaban J connectivity index is 1.17. The largest absolute Gasteiger partial charge is 0.508 e. The maximum atomic E-state index is 14.8. The van der Waals surface area contributed by atoms with Gasteiger partial charge in [0.05, 0.1) is 25.2 Å². The number of hydrogen-bond acceptors (Lipinski definition) is 10. The van der Waals surface area contributed by atoms with Crippen molar-refractivity contribution in [3.05, 3.63) is 102 Å². The van der Waals surface area contributed by atoms with Gasteiger partial charge in [0.25, 0.3) is 0 Å². The number of hydrogen-bond donors (Lipinski definition) is 6. The highest BCUT2D eigenvalue weighted by Gasteiger charge is 2.49. The number of aliphatic hydroxyl groups excluding tert-OH is 1. The van der Waals surface area contributed by atoms with Gasteiger partial charge in [-0.25, -0.2) is 4.98 Å². The molecule has 0 radical (unpaired) electrons. The van der Waals surface area contributed by atoms with Gasteiger partial charge in [-0.15, -0.1) is 0 Å². The van der Waals surface area contributed by atoms with E-state index in [1.165, 1.54) is 13.2 Å². The first kappa shape index (κ1) is 38.8. The molecule has 56 heavy (non-hydrogen) atoms. The maximum absolute atomic E-state index is 14.8. The number of benzene rings is 4. The first-order chi connectivity index (χ1) is 27.1. The van der Waals surface area contributed by atoms with Gasteiger partial charge >= 0.3 is 0 Å². The summed E-state index contributed by atoms with van der Waals surface area (Å²) in [4.78, 5) is 19.4. The molecule has 1 heterocycles. The molecule has 2 saturated carbocycles. The summed E-state index contributed by atoms with van der Waals surface area (Å²) >= 11 is 0. The minimum atomic E-state index is -0.986. The number of phenolic OH excluding ortho intramolecular Hbond substituents is 4. The molecule has 2 fully saturated rings. The lowest BCUT2D eigenvalue weighted by molar-refractivity contribution is -0.130. The van der Waals surface area contributed by atoms with Gasteiger partial charge in [0, 0.05) is 23.7 Å². The van der Waals surface area contributed by atoms with Crippen LogP contribution in [0.3, 0.4) is 0 Å². The molecule has 10 nitrogen and oxygen atoms in total. The Bertz CT molecular complexity index is 2160. The molecule has 1 aromatic heterocycles. The Morgan fingerprint density at radius 1 is 0.804 bits per heavy atom. The van der Waals surface area contributed by atoms with Crippen molar-refractivity contribution in [2.24, 2.45) is 5.92 Å². The number of nitrogens with one attached hydrogen (secondary N) is 1. The number of methoxy groups -OCH3 is 1. The quantitative estimate of drug-likeness (QED) is 0.0568. The number of ether oxygens (including phenoxy) is 2. The zero-order chi connectivity index (χ0) is 39.2. The number of rotatable bonds is 15. The van der Waals surface area contributed by atoms with E-state index in [0.717, 1.165) is 85.4 Å². The molecule has 0 aliphatic heterocycles. The van der Waals surface area contributed by atoms with Gasteiger partial charge in [-0.3, -0.25) is 4.79 Å². The number of phenols is 4. The number of carbonyl (C=O) groups is 1. The fraction of sp³-hybridized carbons (Fsp3) is 0.391. The van der Waals surface area contributed by atoms with Crippen LogP contribution in [0.2, 0.25) is 0 Å². The smallest absolute Gasteiger partial charge is 0.200 e. The second kappa shape index (κ2) is 17.1. The van der Waals surface area contributed by atoms with Crippen molar-refractivity contribution in [1.82, 2.24) is 4.98 Å². The summed E-state index contributed by atoms with van der Waals surface area (Å²) in [6.07, 6.45) is 10.2. The average Bonchev–Trinajstić information content (AvgIpc) is 3.70. The first-order valence-electron chi connectivity index (χ1n) is 19.9. The van der Waals surface area contributed by atoms with Crippen LogP contribution in [0.25, 0.3) is 10.8 Å². The Hall–Kier alpha value is -5.48. The summed E-state index contributed by atoms with van der Waals surface area (Å²) in [6.45, 7) is 0. The zero-order valence-electron chi connectivity index (χ0n) is 31.9. The van der Waals surface area contributed by atoms with Gasteiger partial charge in [0.1, 0.15) is 17.4 Å². The zero-order valence-corrected chi connectivity index (χ0v) is 31.9. The molecule has 294 valence electrons. The summed E-state index contributed by atoms with van der Waals surface area (Å²) in [5, 5.41) is 58.9. The van der Waals surface area contributed by atoms with E-state index in [4.69, 9.17) is 9.47 Å². The summed E-state index contributed by atoms with van der Waals surface area (Å²) in [7, 11) is 1.49. The van der Waals surface area contributed by atoms with Crippen molar-refractivity contribution in [1.29, 1.82) is 0 Å². The lowest BCUT2D eigenvalue weighted by Crippen LogP contribution is -2.45. The predicted molar refractivity (Wildman–Crippen MR) is 216 cm³/mol. The van der Waals surface area contributed by atoms with Crippen LogP contribution in [-0.4, -0.2) is 55.6 Å². The minimum absolute atomic E-state index is 0.0308. The molecule has 5 aromatic rings. The third-order valence-electron chi connectivity index (χ3n) is 11.8. The molecule has 0 saturated heterocycles. The maximum Gasteiger partial charge on any atom is 0.200 e. The molecule has 0 amide bonds. The molecule has 6 N–H and O–H groups in total. The van der Waals surface area contributed by atoms with E-state index in [9.17, 15) is 30.3 Å². The number of aromatic hydroxyl groups is 4. The van der Waals surface area contributed by atoms with Crippen LogP contribution in [0.4, 0.5) is 11.5 Å². The molecular weight excluding hydrogens is 709 g/mol. The fourth-order valence-electron chi connectivity index (χ4n) is 8.97. The summed E-state index contributed by atoms with van der Waals surface area (Å²) < 4.78 is 11.5. The number of carbonyl (C=O) groups excluding carboxylic acids is 1. The molecule has 10 heteroatoms. The van der Waals surface area contributed by atoms with E-state index >= 15 is 0 Å². The van der Waals surface area contributed by atoms with Gasteiger partial charge < -0.3 is 40.3 Å². The third kappa shape index (κ3) is 8.65. The van der Waals surface area contributed by atoms with Gasteiger partial charge in [-0.2, -0.15) is 0 Å². The molecule has 4 aromatic carbocycles. The Morgan fingerprint density at radius 2 is 1.55 bits per heavy atom. The van der Waals surface area contributed by atoms with Crippen LogP contribution in [0.5, 0.6) is 34.5 Å². The highest BCUT2D eigenvalue weighted by Crippen LogP contribution is 2.50. The normalized spacial score (nSPS) is 16.7. The summed E-state index contributed by atoms with van der Waals surface area (Å²) in [6, 6.07) is 23.4. The number of anilines is 2. The van der Waals surface area contributed by atoms with Crippen LogP contribution >= 0.6 is 0 Å². The summed E-state index contributed by atoms with van der Waals surface area (Å²) in [5.74, 6) is 0.0519. The molecule has 2 aliphatic carbocycles. The number of ketones is 1. The van der Waals surface area contributed by atoms with Crippen molar-refractivity contribution in [2.75, 3.05) is 12.4 Å². The molecule has 7 rings (SSSR count). The van der Waals surface area contributed by atoms with Crippen molar-refractivity contribution >= 4 is 28.1 Å². The molecule has 0 bridgehead atoms. The van der Waals surface area contributed by atoms with E-state index in [-0.39, 0.29) is 47.1 Å². The lowest BCUT2D eigenvalue weighted by atomic mass is 9.64. The van der Waals surface area contributed by atoms with Gasteiger partial charge in [-0.05, 0) is 146 Å². The highest BCUT2D eigenvalue weighted by atomic mass is 16.5. The predicted octanol–water partition coefficient (Wildman–Crippen LogP) is 9.14. The fourth-order valence-corrected chi connectivity index (χ4v) is 8.97. The van der Waals surface area contributed by atoms with Crippen molar-refractivity contribution in [3.63, 3.8) is 0 Å². The number of aromatic nitrogens is 1. The lowest BCUT2D eigenvalue weighted by Gasteiger charge is -2.40. The van der Waals surface area contributed by atoms with Gasteiger partial charge in [0.15, 0.2) is 23.0 Å². The first-order valence-corrected chi connectivity index (χ1v) is 19.9. The van der Waals surface area contributed by atoms with Crippen LogP contribution in [-0.2, 0) is 23.1 Å². The van der Waals surface area contributed by atoms with E-state index in [0.29, 0.717) is 36.4 Å². The number of pyridine rings is 1. The third-order valence-corrected chi connectivity index (χ3v) is 11.8. The molecule has 2 unspecified atom stereocenters. The van der Waals surface area contributed by atoms with Gasteiger partial charge in [-0.1, -0.05) is 37.5 Å². The Labute approximate surface area is 327 Å². The van der Waals surface area contributed by atoms with Crippen molar-refractivity contribution in [3.8, 4) is 34.5 Å². The summed E-state index contributed by atoms with van der Waals surface area (Å²) in [5.41, 5.74) is 2.65. The molecule has 2 atom stereocenters. The molecule has 0 spiro atoms. The second-order valence-corrected chi connectivity index (χ2v) is 15.6. The highest BCUT2D eigenvalue weighted by molar-refractivity contribution is 5.87. The SMILES string of the molecule is COc1cc(CCC(O)C(C(=O)CCc2cc(O)c(O)c(OC3CCCCC3)c2)C2(c3ccnc(Nc4ccc5cc(O)ccc5c4)c3)CCCC2)ccc1O. The standard InChI is InChI=1S/C46H52N2O8/c1-55-41-24-29(9-16-37(41)50)10-17-38(51)44(39(52)18-11-30-23-40(53)45(54)42(25-30)56-36-7-3-2-4-8-36)46(20-5-6-21-46)33-19-22-47-43(28-33)48-34-14-12-32-27-35(49)15-13-31(32)26-34/h9,12-16,19,22-28,36,38,44,49-51,53-54H,2-8,10-11,17-18,20-21H2,1H3,(H,47,48). The number of aryl methyl sites for hydroxylation is 2. The number of nitrogens with zero attached hydrogens (tertiary/aromatic N) is 1. The van der Waals surface area contributed by atoms with Crippen LogP contribution in [0.1, 0.15) is 87.3 Å². The minimum Gasteiger partial charge on any atom is -0.508 e. The van der Waals surface area contributed by atoms with Crippen LogP contribution in [0.15, 0.2) is 85.1 Å². The number of fused-ring (bicyclic) bond motifs is 1. The molecule has 2 aliphatic rings. The number of aliphatic hydroxyl groups is 1. The molecular formula is C46H52N2O8. The monoisotopic (exact) mass is 760 g/mol. The van der Waals surface area contributed by atoms with Crippen molar-refractivity contribution in [2.45, 2.75) is 101 Å². The Morgan fingerprint density at radius 3 is 2.34 bits per heavy atom. The topological polar surface area (TPSA) is 162 Å². The van der Waals surface area contributed by atoms with E-state index in [1.807, 2.05) is 36.4 Å². The van der Waals surface area contributed by atoms with E-state index < -0.39 is 17.4 Å². The van der Waals surface area contributed by atoms with E-state index in [2.05, 4.69) is 10.3 Å². The van der Waals surface area contributed by atoms with E-state index in [1.54, 1.807) is 42.6 Å². The van der Waals surface area contributed by atoms with Crippen LogP contribution < -0.4 is 14.8 Å².